The summed E-state index contributed by atoms with van der Waals surface area (Å²) >= 11 is 0. The number of amides is 1. The summed E-state index contributed by atoms with van der Waals surface area (Å²) in [5.41, 5.74) is -0.561. The summed E-state index contributed by atoms with van der Waals surface area (Å²) in [4.78, 5) is 24.1. The molecule has 11 nitrogen and oxygen atoms in total. The number of carbonyl (C=O) groups is 1. The van der Waals surface area contributed by atoms with Crippen LogP contribution in [-0.4, -0.2) is 81.2 Å². The van der Waals surface area contributed by atoms with Gasteiger partial charge in [0.05, 0.1) is 21.3 Å². The molecule has 2 fully saturated rings. The molecule has 0 radical (unpaired) electrons. The molecule has 13 heteroatoms. The normalized spacial score (nSPS) is 21.4. The second kappa shape index (κ2) is 8.47. The Labute approximate surface area is 174 Å². The number of rotatable bonds is 7. The van der Waals surface area contributed by atoms with Gasteiger partial charge in [-0.3, -0.25) is 14.9 Å². The van der Waals surface area contributed by atoms with Crippen LogP contribution in [0.4, 0.5) is 5.69 Å². The van der Waals surface area contributed by atoms with E-state index in [1.807, 2.05) is 0 Å². The molecule has 0 aliphatic carbocycles. The summed E-state index contributed by atoms with van der Waals surface area (Å²) in [7, 11) is -5.55. The highest BCUT2D eigenvalue weighted by molar-refractivity contribution is 7.91. The lowest BCUT2D eigenvalue weighted by Crippen LogP contribution is -2.40. The Kier molecular flexibility index (Phi) is 6.34. The van der Waals surface area contributed by atoms with Crippen molar-refractivity contribution in [3.8, 4) is 5.75 Å². The van der Waals surface area contributed by atoms with Gasteiger partial charge in [-0.05, 0) is 31.4 Å². The average molecular weight is 462 g/mol. The average Bonchev–Trinajstić information content (AvgIpc) is 3.35. The van der Waals surface area contributed by atoms with Crippen molar-refractivity contribution in [1.82, 2.24) is 9.21 Å². The number of nitro groups is 1. The molecule has 0 bridgehead atoms. The van der Waals surface area contributed by atoms with Gasteiger partial charge in [-0.15, -0.1) is 0 Å². The number of nitro benzene ring substituents is 1. The summed E-state index contributed by atoms with van der Waals surface area (Å²) in [5, 5.41) is 11.4. The maximum absolute atomic E-state index is 12.6. The standard InChI is InChI=1S/C17H23N3O8S2/c1-18(13-6-9-29(24,25)12-13)17(21)11-28-16-5-4-14(10-15(16)20(22)23)30(26,27)19-7-2-3-8-19/h4-5,10,13H,2-3,6-9,11-12H2,1H3/t13-/m1/s1. The summed E-state index contributed by atoms with van der Waals surface area (Å²) in [5.74, 6) is -0.881. The molecule has 3 rings (SSSR count). The van der Waals surface area contributed by atoms with Gasteiger partial charge in [0.2, 0.25) is 10.0 Å². The molecule has 30 heavy (non-hydrogen) atoms. The van der Waals surface area contributed by atoms with Gasteiger partial charge >= 0.3 is 5.69 Å². The van der Waals surface area contributed by atoms with Crippen LogP contribution in [0.3, 0.4) is 0 Å². The van der Waals surface area contributed by atoms with E-state index in [0.717, 1.165) is 25.0 Å². The second-order valence-corrected chi connectivity index (χ2v) is 11.5. The van der Waals surface area contributed by atoms with Crippen molar-refractivity contribution in [3.63, 3.8) is 0 Å². The molecule has 2 aliphatic rings. The Morgan fingerprint density at radius 1 is 1.33 bits per heavy atom. The lowest BCUT2D eigenvalue weighted by Gasteiger charge is -2.23. The first kappa shape index (κ1) is 22.4. The molecule has 0 aromatic heterocycles. The van der Waals surface area contributed by atoms with E-state index >= 15 is 0 Å². The number of benzene rings is 1. The molecule has 166 valence electrons. The van der Waals surface area contributed by atoms with Crippen LogP contribution in [0.15, 0.2) is 23.1 Å². The van der Waals surface area contributed by atoms with Gasteiger partial charge in [0, 0.05) is 32.2 Å². The molecule has 1 atom stereocenters. The number of ether oxygens (including phenoxy) is 1. The largest absolute Gasteiger partial charge is 0.477 e. The van der Waals surface area contributed by atoms with Crippen LogP contribution in [0.25, 0.3) is 0 Å². The molecule has 2 heterocycles. The number of hydrogen-bond donors (Lipinski definition) is 0. The van der Waals surface area contributed by atoms with Crippen molar-refractivity contribution < 1.29 is 31.3 Å². The lowest BCUT2D eigenvalue weighted by molar-refractivity contribution is -0.386. The zero-order valence-electron chi connectivity index (χ0n) is 16.4. The topological polar surface area (TPSA) is 144 Å². The van der Waals surface area contributed by atoms with Crippen molar-refractivity contribution in [1.29, 1.82) is 0 Å². The fourth-order valence-corrected chi connectivity index (χ4v) is 6.84. The highest BCUT2D eigenvalue weighted by atomic mass is 32.2. The van der Waals surface area contributed by atoms with Crippen LogP contribution in [0.5, 0.6) is 5.75 Å². The van der Waals surface area contributed by atoms with E-state index in [4.69, 9.17) is 4.74 Å². The van der Waals surface area contributed by atoms with E-state index in [2.05, 4.69) is 0 Å². The van der Waals surface area contributed by atoms with E-state index in [0.29, 0.717) is 19.5 Å². The first-order valence-corrected chi connectivity index (χ1v) is 12.6. The van der Waals surface area contributed by atoms with E-state index < -0.39 is 49.0 Å². The van der Waals surface area contributed by atoms with Gasteiger partial charge in [0.1, 0.15) is 0 Å². The number of carbonyl (C=O) groups excluding carboxylic acids is 1. The van der Waals surface area contributed by atoms with Crippen molar-refractivity contribution in [2.24, 2.45) is 0 Å². The van der Waals surface area contributed by atoms with Gasteiger partial charge in [-0.25, -0.2) is 16.8 Å². The van der Waals surface area contributed by atoms with Gasteiger partial charge < -0.3 is 9.64 Å². The molecule has 2 aliphatic heterocycles. The van der Waals surface area contributed by atoms with Gasteiger partial charge in [0.25, 0.3) is 5.91 Å². The molecule has 0 spiro atoms. The van der Waals surface area contributed by atoms with Crippen molar-refractivity contribution in [2.75, 3.05) is 38.2 Å². The van der Waals surface area contributed by atoms with Crippen LogP contribution >= 0.6 is 0 Å². The van der Waals surface area contributed by atoms with Crippen LogP contribution in [-0.2, 0) is 24.7 Å². The third-order valence-electron chi connectivity index (χ3n) is 5.33. The van der Waals surface area contributed by atoms with Gasteiger partial charge in [-0.1, -0.05) is 0 Å². The third-order valence-corrected chi connectivity index (χ3v) is 8.98. The Bertz CT molecular complexity index is 1050. The number of likely N-dealkylation sites (N-methyl/N-ethyl adjacent to an activating group) is 1. The highest BCUT2D eigenvalue weighted by Gasteiger charge is 2.33. The van der Waals surface area contributed by atoms with Crippen LogP contribution in [0, 0.1) is 10.1 Å². The van der Waals surface area contributed by atoms with Crippen LogP contribution < -0.4 is 4.74 Å². The Balaban J connectivity index is 1.73. The molecule has 0 saturated carbocycles. The van der Waals surface area contributed by atoms with Gasteiger partial charge in [0.15, 0.2) is 22.2 Å². The van der Waals surface area contributed by atoms with E-state index in [9.17, 15) is 31.7 Å². The molecule has 1 aromatic carbocycles. The lowest BCUT2D eigenvalue weighted by atomic mass is 10.2. The van der Waals surface area contributed by atoms with E-state index in [-0.39, 0.29) is 22.2 Å². The van der Waals surface area contributed by atoms with E-state index in [1.165, 1.54) is 22.3 Å². The molecular formula is C17H23N3O8S2. The predicted molar refractivity (Wildman–Crippen MR) is 106 cm³/mol. The fraction of sp³-hybridized carbons (Fsp3) is 0.588. The molecular weight excluding hydrogens is 438 g/mol. The molecule has 0 unspecified atom stereocenters. The molecule has 0 N–H and O–H groups in total. The first-order chi connectivity index (χ1) is 14.0. The minimum Gasteiger partial charge on any atom is -0.477 e. The molecule has 1 aromatic rings. The quantitative estimate of drug-likeness (QED) is 0.419. The molecule has 1 amide bonds. The zero-order valence-corrected chi connectivity index (χ0v) is 18.0. The van der Waals surface area contributed by atoms with E-state index in [1.54, 1.807) is 0 Å². The minimum atomic E-state index is -3.84. The maximum atomic E-state index is 12.6. The summed E-state index contributed by atoms with van der Waals surface area (Å²) in [6.07, 6.45) is 1.80. The van der Waals surface area contributed by atoms with Crippen LogP contribution in [0.1, 0.15) is 19.3 Å². The van der Waals surface area contributed by atoms with Crippen molar-refractivity contribution in [2.45, 2.75) is 30.2 Å². The van der Waals surface area contributed by atoms with Crippen LogP contribution in [0.2, 0.25) is 0 Å². The van der Waals surface area contributed by atoms with Gasteiger partial charge in [-0.2, -0.15) is 4.31 Å². The zero-order chi connectivity index (χ0) is 22.1. The Morgan fingerprint density at radius 3 is 2.57 bits per heavy atom. The fourth-order valence-electron chi connectivity index (χ4n) is 3.53. The SMILES string of the molecule is CN(C(=O)COc1ccc(S(=O)(=O)N2CCCC2)cc1[N+](=O)[O-])[C@@H]1CCS(=O)(=O)C1. The molecule has 2 saturated heterocycles. The number of sulfonamides is 1. The summed E-state index contributed by atoms with van der Waals surface area (Å²) < 4.78 is 55.0. The summed E-state index contributed by atoms with van der Waals surface area (Å²) in [6, 6.07) is 2.84. The highest BCUT2D eigenvalue weighted by Crippen LogP contribution is 2.32. The van der Waals surface area contributed by atoms with Crippen molar-refractivity contribution >= 4 is 31.5 Å². The minimum absolute atomic E-state index is 0.00850. The monoisotopic (exact) mass is 461 g/mol. The predicted octanol–water partition coefficient (Wildman–Crippen LogP) is 0.404. The first-order valence-electron chi connectivity index (χ1n) is 9.39. The number of nitrogens with zero attached hydrogens (tertiary/aromatic N) is 3. The Morgan fingerprint density at radius 2 is 2.00 bits per heavy atom. The van der Waals surface area contributed by atoms with Crippen molar-refractivity contribution in [3.05, 3.63) is 28.3 Å². The number of hydrogen-bond acceptors (Lipinski definition) is 8. The Hall–Kier alpha value is -2.25. The summed E-state index contributed by atoms with van der Waals surface area (Å²) in [6.45, 7) is 0.199. The third kappa shape index (κ3) is 4.73. The maximum Gasteiger partial charge on any atom is 0.312 e. The smallest absolute Gasteiger partial charge is 0.312 e. The number of sulfone groups is 1. The second-order valence-electron chi connectivity index (χ2n) is 7.35.